The summed E-state index contributed by atoms with van der Waals surface area (Å²) in [6.45, 7) is 0. The molecule has 0 bridgehead atoms. The normalized spacial score (nSPS) is 11.8. The van der Waals surface area contributed by atoms with Gasteiger partial charge in [-0.1, -0.05) is 303 Å². The van der Waals surface area contributed by atoms with E-state index in [4.69, 9.17) is 29.9 Å². The van der Waals surface area contributed by atoms with Crippen LogP contribution in [-0.4, -0.2) is 29.9 Å². The Kier molecular flexibility index (Phi) is 18.0. The van der Waals surface area contributed by atoms with E-state index in [1.54, 1.807) is 0 Å². The van der Waals surface area contributed by atoms with Gasteiger partial charge >= 0.3 is 0 Å². The number of thiophene rings is 6. The monoisotopic (exact) mass is 1710 g/mol. The van der Waals surface area contributed by atoms with Gasteiger partial charge in [0.15, 0.2) is 34.9 Å². The molecule has 0 radical (unpaired) electrons. The Balaban J connectivity index is 0.000000137. The van der Waals surface area contributed by atoms with Gasteiger partial charge in [0.1, 0.15) is 0 Å². The quantitative estimate of drug-likeness (QED) is 0.121. The third kappa shape index (κ3) is 13.1. The van der Waals surface area contributed by atoms with Crippen LogP contribution in [0, 0.1) is 0 Å². The van der Waals surface area contributed by atoms with Gasteiger partial charge in [0, 0.05) is 154 Å². The molecule has 26 rings (SSSR count). The molecule has 0 aliphatic rings. The molecule has 0 aliphatic heterocycles. The van der Waals surface area contributed by atoms with E-state index in [0.717, 1.165) is 77.9 Å². The molecule has 18 aromatic carbocycles. The highest BCUT2D eigenvalue weighted by molar-refractivity contribution is 7.28. The summed E-state index contributed by atoms with van der Waals surface area (Å²) in [6, 6.07) is 144. The van der Waals surface area contributed by atoms with Crippen LogP contribution < -0.4 is 0 Å². The maximum absolute atomic E-state index is 5.33. The number of rotatable bonds is 12. The topological polar surface area (TPSA) is 77.3 Å². The zero-order chi connectivity index (χ0) is 82.9. The van der Waals surface area contributed by atoms with E-state index >= 15 is 0 Å². The second-order valence-electron chi connectivity index (χ2n) is 31.8. The van der Waals surface area contributed by atoms with Gasteiger partial charge < -0.3 is 0 Å². The first-order valence-corrected chi connectivity index (χ1v) is 46.9. The lowest BCUT2D eigenvalue weighted by atomic mass is 9.94. The van der Waals surface area contributed by atoms with Crippen molar-refractivity contribution < 1.29 is 0 Å². The molecule has 12 heteroatoms. The lowest BCUT2D eigenvalue weighted by molar-refractivity contribution is 1.07. The molecule has 8 heterocycles. The molecule has 0 unspecified atom stereocenters. The van der Waals surface area contributed by atoms with Crippen molar-refractivity contribution in [3.63, 3.8) is 0 Å². The van der Waals surface area contributed by atoms with Gasteiger partial charge in [-0.15, -0.1) is 68.0 Å². The lowest BCUT2D eigenvalue weighted by Gasteiger charge is -2.13. The van der Waals surface area contributed by atoms with E-state index in [2.05, 4.69) is 364 Å². The molecular formula is C114H66N6S6. The van der Waals surface area contributed by atoms with Crippen molar-refractivity contribution in [2.75, 3.05) is 0 Å². The highest BCUT2D eigenvalue weighted by atomic mass is 32.1. The first-order chi connectivity index (χ1) is 62.4. The van der Waals surface area contributed by atoms with E-state index < -0.39 is 0 Å². The predicted octanol–water partition coefficient (Wildman–Crippen LogP) is 34.0. The SMILES string of the molecule is c1ccc(-c2nc(-c3ccc(-c4cccc5c4sc4ccccc45)cc3)nc(-c3cc(-c4ccc5sc6ccccc6c5c4)cc(-c4ccc5sc6ccccc6c5c4)c3)n2)cc1.c1ccc(-c2nc(-c3ccc(-c4cccc5c4sc4ccccc45)cc3)nc(-c3cc(-c4cccc5c4sc4ccccc45)cc(-c4cccc5c4sc4ccccc45)c3)n2)cc1. The maximum Gasteiger partial charge on any atom is 0.164 e. The van der Waals surface area contributed by atoms with Gasteiger partial charge in [-0.3, -0.25) is 0 Å². The molecule has 0 fully saturated rings. The second kappa shape index (κ2) is 30.7. The fourth-order valence-electron chi connectivity index (χ4n) is 18.2. The molecule has 0 spiro atoms. The summed E-state index contributed by atoms with van der Waals surface area (Å²) in [5.41, 5.74) is 19.6. The first kappa shape index (κ1) is 74.0. The largest absolute Gasteiger partial charge is 0.208 e. The molecule has 0 saturated heterocycles. The maximum atomic E-state index is 5.33. The molecule has 8 aromatic heterocycles. The van der Waals surface area contributed by atoms with Crippen LogP contribution in [0.25, 0.3) is 256 Å². The molecule has 6 nitrogen and oxygen atoms in total. The summed E-state index contributed by atoms with van der Waals surface area (Å²) < 4.78 is 15.5. The summed E-state index contributed by atoms with van der Waals surface area (Å²) >= 11 is 11.1. The van der Waals surface area contributed by atoms with Crippen LogP contribution in [0.1, 0.15) is 0 Å². The lowest BCUT2D eigenvalue weighted by Crippen LogP contribution is -2.00. The van der Waals surface area contributed by atoms with Crippen LogP contribution in [0.2, 0.25) is 0 Å². The molecule has 0 atom stereocenters. The van der Waals surface area contributed by atoms with E-state index in [0.29, 0.717) is 34.9 Å². The van der Waals surface area contributed by atoms with Crippen molar-refractivity contribution in [3.05, 3.63) is 400 Å². The molecule has 26 aromatic rings. The highest BCUT2D eigenvalue weighted by Gasteiger charge is 2.23. The number of fused-ring (bicyclic) bond motifs is 18. The average Bonchev–Trinajstić information content (AvgIpc) is 1.52. The van der Waals surface area contributed by atoms with E-state index in [1.807, 2.05) is 104 Å². The van der Waals surface area contributed by atoms with Crippen LogP contribution in [0.3, 0.4) is 0 Å². The third-order valence-electron chi connectivity index (χ3n) is 24.3. The zero-order valence-electron chi connectivity index (χ0n) is 67.2. The smallest absolute Gasteiger partial charge is 0.164 e. The Morgan fingerprint density at radius 1 is 0.119 bits per heavy atom. The molecule has 0 N–H and O–H groups in total. The second-order valence-corrected chi connectivity index (χ2v) is 38.2. The van der Waals surface area contributed by atoms with Gasteiger partial charge in [-0.2, -0.15) is 0 Å². The zero-order valence-corrected chi connectivity index (χ0v) is 72.1. The Hall–Kier alpha value is -14.7. The minimum absolute atomic E-state index is 0.630. The number of aromatic nitrogens is 6. The predicted molar refractivity (Wildman–Crippen MR) is 542 cm³/mol. The summed E-state index contributed by atoms with van der Waals surface area (Å²) in [5, 5.41) is 15.4. The van der Waals surface area contributed by atoms with Crippen LogP contribution in [0.15, 0.2) is 400 Å². The van der Waals surface area contributed by atoms with Crippen molar-refractivity contribution >= 4 is 189 Å². The third-order valence-corrected chi connectivity index (χ3v) is 31.5. The molecule has 126 heavy (non-hydrogen) atoms. The molecule has 0 aliphatic carbocycles. The van der Waals surface area contributed by atoms with Gasteiger partial charge in [0.2, 0.25) is 0 Å². The summed E-state index contributed by atoms with van der Waals surface area (Å²) in [6.07, 6.45) is 0. The van der Waals surface area contributed by atoms with Crippen molar-refractivity contribution in [1.82, 2.24) is 29.9 Å². The van der Waals surface area contributed by atoms with Crippen LogP contribution in [0.4, 0.5) is 0 Å². The van der Waals surface area contributed by atoms with E-state index in [-0.39, 0.29) is 0 Å². The van der Waals surface area contributed by atoms with Gasteiger partial charge in [-0.25, -0.2) is 29.9 Å². The standard InChI is InChI=1S/2C57H33N3S3/c1-2-11-35(12-3-1)55-58-56(36-23-21-34(22-24-36)42-16-10-17-46-43-13-4-9-20-51(43)63-54(42)46)60-57(59-55)41-30-39(37-25-27-52-47(32-37)44-14-5-7-18-49(44)61-52)29-40(31-41)38-26-28-53-48(33-38)45-15-6-8-19-50(45)62-53;1-2-13-35(14-3-1)55-58-56(36-29-27-34(28-30-36)40-18-10-21-46-43-15-4-7-24-49(43)61-52(40)46)60-57(59-55)39-32-37(41-19-11-22-47-44-16-5-8-25-50(44)62-53(41)47)31-38(33-39)42-20-12-23-48-45-17-6-9-26-51(45)63-54(42)48/h2*1-33H. The van der Waals surface area contributed by atoms with Crippen LogP contribution in [-0.2, 0) is 0 Å². The molecular weight excluding hydrogens is 1650 g/mol. The number of hydrogen-bond donors (Lipinski definition) is 0. The summed E-state index contributed by atoms with van der Waals surface area (Å²) in [7, 11) is 0. The van der Waals surface area contributed by atoms with Crippen molar-refractivity contribution in [2.45, 2.75) is 0 Å². The number of benzene rings is 18. The van der Waals surface area contributed by atoms with Gasteiger partial charge in [-0.05, 0) is 164 Å². The van der Waals surface area contributed by atoms with Gasteiger partial charge in [0.05, 0.1) is 0 Å². The summed E-state index contributed by atoms with van der Waals surface area (Å²) in [5.74, 6) is 3.81. The summed E-state index contributed by atoms with van der Waals surface area (Å²) in [4.78, 5) is 31.4. The van der Waals surface area contributed by atoms with E-state index in [9.17, 15) is 0 Å². The van der Waals surface area contributed by atoms with Crippen LogP contribution >= 0.6 is 68.0 Å². The highest BCUT2D eigenvalue weighted by Crippen LogP contribution is 2.49. The Bertz CT molecular complexity index is 8600. The van der Waals surface area contributed by atoms with Crippen molar-refractivity contribution in [3.8, 4) is 135 Å². The molecule has 0 amide bonds. The minimum atomic E-state index is 0.630. The average molecular weight is 1710 g/mol. The van der Waals surface area contributed by atoms with Gasteiger partial charge in [0.25, 0.3) is 0 Å². The molecule has 588 valence electrons. The minimum Gasteiger partial charge on any atom is -0.208 e. The van der Waals surface area contributed by atoms with Crippen LogP contribution in [0.5, 0.6) is 0 Å². The number of hydrogen-bond acceptors (Lipinski definition) is 12. The first-order valence-electron chi connectivity index (χ1n) is 42.0. The molecule has 0 saturated carbocycles. The van der Waals surface area contributed by atoms with Crippen molar-refractivity contribution in [1.29, 1.82) is 0 Å². The Labute approximate surface area is 748 Å². The van der Waals surface area contributed by atoms with Crippen molar-refractivity contribution in [2.24, 2.45) is 0 Å². The number of nitrogens with zero attached hydrogens (tertiary/aromatic N) is 6. The fourth-order valence-corrected chi connectivity index (χ4v) is 25.3. The Morgan fingerprint density at radius 3 is 0.659 bits per heavy atom. The fraction of sp³-hybridized carbons (Fsp3) is 0. The Morgan fingerprint density at radius 2 is 0.333 bits per heavy atom. The van der Waals surface area contributed by atoms with E-state index in [1.165, 1.54) is 143 Å².